The van der Waals surface area contributed by atoms with Gasteiger partial charge in [0.25, 0.3) is 0 Å². The summed E-state index contributed by atoms with van der Waals surface area (Å²) in [4.78, 5) is 14.1. The second kappa shape index (κ2) is 7.40. The number of nitrogens with one attached hydrogen (secondary N) is 1. The molecule has 1 aromatic rings. The number of carbonyl (C=O) groups is 1. The minimum Gasteiger partial charge on any atom is -0.352 e. The number of rotatable bonds is 5. The van der Waals surface area contributed by atoms with Gasteiger partial charge in [-0.15, -0.1) is 0 Å². The largest absolute Gasteiger partial charge is 0.352 e. The Morgan fingerprint density at radius 2 is 1.72 bits per heavy atom. The quantitative estimate of drug-likeness (QED) is 0.812. The maximum atomic E-state index is 12.9. The summed E-state index contributed by atoms with van der Waals surface area (Å²) < 4.78 is 27.1. The van der Waals surface area contributed by atoms with E-state index in [1.807, 2.05) is 11.8 Å². The minimum absolute atomic E-state index is 0.00737. The Balaban J connectivity index is 1.66. The van der Waals surface area contributed by atoms with E-state index in [9.17, 15) is 13.2 Å². The Morgan fingerprint density at radius 3 is 2.24 bits per heavy atom. The van der Waals surface area contributed by atoms with Gasteiger partial charge in [-0.2, -0.15) is 4.31 Å². The molecule has 1 amide bonds. The summed E-state index contributed by atoms with van der Waals surface area (Å²) in [5.74, 6) is 0.00737. The van der Waals surface area contributed by atoms with E-state index < -0.39 is 10.0 Å². The van der Waals surface area contributed by atoms with Crippen LogP contribution < -0.4 is 5.32 Å². The molecule has 1 atom stereocenters. The van der Waals surface area contributed by atoms with Gasteiger partial charge in [0, 0.05) is 32.2 Å². The molecule has 138 valence electrons. The lowest BCUT2D eigenvalue weighted by Gasteiger charge is -2.36. The van der Waals surface area contributed by atoms with Gasteiger partial charge < -0.3 is 5.32 Å². The summed E-state index contributed by atoms with van der Waals surface area (Å²) >= 11 is 12.1. The number of hydrogen-bond acceptors (Lipinski definition) is 4. The number of nitrogens with zero attached hydrogens (tertiary/aromatic N) is 2. The van der Waals surface area contributed by atoms with Gasteiger partial charge in [-0.3, -0.25) is 9.69 Å². The fourth-order valence-electron chi connectivity index (χ4n) is 2.90. The molecular weight excluding hydrogens is 385 g/mol. The Morgan fingerprint density at radius 1 is 1.16 bits per heavy atom. The highest BCUT2D eigenvalue weighted by Crippen LogP contribution is 2.32. The third kappa shape index (κ3) is 4.11. The smallest absolute Gasteiger partial charge is 0.246 e. The zero-order valence-electron chi connectivity index (χ0n) is 13.9. The van der Waals surface area contributed by atoms with Crippen molar-refractivity contribution in [1.29, 1.82) is 0 Å². The van der Waals surface area contributed by atoms with E-state index in [0.717, 1.165) is 12.8 Å². The van der Waals surface area contributed by atoms with Crippen LogP contribution in [-0.2, 0) is 14.8 Å². The molecule has 0 spiro atoms. The first-order valence-corrected chi connectivity index (χ1v) is 10.5. The molecule has 0 aromatic heterocycles. The highest BCUT2D eigenvalue weighted by molar-refractivity contribution is 7.89. The molecule has 0 radical (unpaired) electrons. The predicted octanol–water partition coefficient (Wildman–Crippen LogP) is 1.97. The molecule has 9 heteroatoms. The van der Waals surface area contributed by atoms with E-state index in [1.165, 1.54) is 16.4 Å². The number of piperazine rings is 1. The van der Waals surface area contributed by atoms with E-state index in [4.69, 9.17) is 23.2 Å². The monoisotopic (exact) mass is 405 g/mol. The minimum atomic E-state index is -3.76. The zero-order chi connectivity index (χ0) is 18.2. The standard InChI is InChI=1S/C16H21Cl2N3O3S/c1-11(16(22)19-12-5-6-12)20-7-9-21(10-8-20)25(23,24)15-13(17)3-2-4-14(15)18/h2-4,11-12H,5-10H2,1H3,(H,19,22). The maximum Gasteiger partial charge on any atom is 0.246 e. The van der Waals surface area contributed by atoms with Crippen LogP contribution in [0.25, 0.3) is 0 Å². The van der Waals surface area contributed by atoms with Gasteiger partial charge in [0.15, 0.2) is 0 Å². The first-order valence-electron chi connectivity index (χ1n) is 8.29. The zero-order valence-corrected chi connectivity index (χ0v) is 16.2. The number of halogens is 2. The molecule has 1 aromatic carbocycles. The van der Waals surface area contributed by atoms with E-state index >= 15 is 0 Å². The van der Waals surface area contributed by atoms with Crippen LogP contribution in [0.5, 0.6) is 0 Å². The summed E-state index contributed by atoms with van der Waals surface area (Å²) in [5.41, 5.74) is 0. The van der Waals surface area contributed by atoms with Gasteiger partial charge >= 0.3 is 0 Å². The van der Waals surface area contributed by atoms with Crippen LogP contribution in [0, 0.1) is 0 Å². The highest BCUT2D eigenvalue weighted by Gasteiger charge is 2.35. The molecule has 1 unspecified atom stereocenters. The van der Waals surface area contributed by atoms with Crippen LogP contribution in [0.4, 0.5) is 0 Å². The fourth-order valence-corrected chi connectivity index (χ4v) is 5.42. The van der Waals surface area contributed by atoms with Gasteiger partial charge in [0.2, 0.25) is 15.9 Å². The second-order valence-corrected chi connectivity index (χ2v) is 9.14. The Bertz CT molecular complexity index is 740. The SMILES string of the molecule is CC(C(=O)NC1CC1)N1CCN(S(=O)(=O)c2c(Cl)cccc2Cl)CC1. The highest BCUT2D eigenvalue weighted by atomic mass is 35.5. The van der Waals surface area contributed by atoms with Gasteiger partial charge in [-0.25, -0.2) is 8.42 Å². The first kappa shape index (κ1) is 18.9. The van der Waals surface area contributed by atoms with Crippen LogP contribution >= 0.6 is 23.2 Å². The number of sulfonamides is 1. The molecule has 0 bridgehead atoms. The number of amides is 1. The normalized spacial score (nSPS) is 21.1. The van der Waals surface area contributed by atoms with Crippen LogP contribution in [0.15, 0.2) is 23.1 Å². The maximum absolute atomic E-state index is 12.9. The Kier molecular flexibility index (Phi) is 5.60. The molecular formula is C16H21Cl2N3O3S. The van der Waals surface area contributed by atoms with Gasteiger partial charge in [-0.1, -0.05) is 29.3 Å². The van der Waals surface area contributed by atoms with Crippen molar-refractivity contribution in [2.75, 3.05) is 26.2 Å². The number of carbonyl (C=O) groups excluding carboxylic acids is 1. The number of hydrogen-bond donors (Lipinski definition) is 1. The van der Waals surface area contributed by atoms with Crippen molar-refractivity contribution in [1.82, 2.24) is 14.5 Å². The van der Waals surface area contributed by atoms with Crippen molar-refractivity contribution in [2.24, 2.45) is 0 Å². The van der Waals surface area contributed by atoms with Crippen molar-refractivity contribution in [3.63, 3.8) is 0 Å². The molecule has 1 aliphatic carbocycles. The van der Waals surface area contributed by atoms with Crippen molar-refractivity contribution in [3.05, 3.63) is 28.2 Å². The fraction of sp³-hybridized carbons (Fsp3) is 0.562. The lowest BCUT2D eigenvalue weighted by Crippen LogP contribution is -2.55. The van der Waals surface area contributed by atoms with Crippen molar-refractivity contribution in [2.45, 2.75) is 36.7 Å². The second-order valence-electron chi connectivity index (χ2n) is 6.45. The molecule has 1 N–H and O–H groups in total. The van der Waals surface area contributed by atoms with E-state index in [-0.39, 0.29) is 26.9 Å². The third-order valence-corrected chi connectivity index (χ3v) is 7.50. The average Bonchev–Trinajstić information content (AvgIpc) is 3.38. The Labute approximate surface area is 158 Å². The van der Waals surface area contributed by atoms with E-state index in [0.29, 0.717) is 32.2 Å². The molecule has 2 fully saturated rings. The molecule has 3 rings (SSSR count). The van der Waals surface area contributed by atoms with Crippen molar-refractivity contribution in [3.8, 4) is 0 Å². The first-order chi connectivity index (χ1) is 11.8. The molecule has 6 nitrogen and oxygen atoms in total. The van der Waals surface area contributed by atoms with E-state index in [1.54, 1.807) is 6.07 Å². The predicted molar refractivity (Wildman–Crippen MR) is 97.4 cm³/mol. The van der Waals surface area contributed by atoms with Gasteiger partial charge in [0.1, 0.15) is 4.90 Å². The lowest BCUT2D eigenvalue weighted by atomic mass is 10.2. The molecule has 1 saturated carbocycles. The number of benzene rings is 1. The summed E-state index contributed by atoms with van der Waals surface area (Å²) in [6, 6.07) is 4.69. The Hall–Kier alpha value is -0.860. The van der Waals surface area contributed by atoms with Crippen molar-refractivity contribution < 1.29 is 13.2 Å². The van der Waals surface area contributed by atoms with Crippen LogP contribution in [-0.4, -0.2) is 61.8 Å². The third-order valence-electron chi connectivity index (χ3n) is 4.64. The molecule has 2 aliphatic rings. The lowest BCUT2D eigenvalue weighted by molar-refractivity contribution is -0.126. The van der Waals surface area contributed by atoms with Crippen LogP contribution in [0.3, 0.4) is 0 Å². The summed E-state index contributed by atoms with van der Waals surface area (Å²) in [5, 5.41) is 3.22. The summed E-state index contributed by atoms with van der Waals surface area (Å²) in [7, 11) is -3.76. The van der Waals surface area contributed by atoms with E-state index in [2.05, 4.69) is 5.32 Å². The molecule has 1 aliphatic heterocycles. The molecule has 25 heavy (non-hydrogen) atoms. The van der Waals surface area contributed by atoms with Crippen LogP contribution in [0.1, 0.15) is 19.8 Å². The summed E-state index contributed by atoms with van der Waals surface area (Å²) in [6.07, 6.45) is 2.09. The van der Waals surface area contributed by atoms with Crippen molar-refractivity contribution >= 4 is 39.1 Å². The van der Waals surface area contributed by atoms with Crippen LogP contribution in [0.2, 0.25) is 10.0 Å². The average molecular weight is 406 g/mol. The topological polar surface area (TPSA) is 69.7 Å². The summed E-state index contributed by atoms with van der Waals surface area (Å²) in [6.45, 7) is 3.42. The van der Waals surface area contributed by atoms with Gasteiger partial charge in [0.05, 0.1) is 16.1 Å². The molecule has 1 heterocycles. The molecule has 1 saturated heterocycles. The van der Waals surface area contributed by atoms with Gasteiger partial charge in [-0.05, 0) is 31.9 Å².